The number of carbonyl (C=O) groups excluding carboxylic acids is 1. The van der Waals surface area contributed by atoms with Crippen molar-refractivity contribution in [2.24, 2.45) is 0 Å². The fourth-order valence-electron chi connectivity index (χ4n) is 1.12. The Hall–Kier alpha value is -2.60. The maximum Gasteiger partial charge on any atom is 0.276 e. The van der Waals surface area contributed by atoms with Crippen molar-refractivity contribution >= 4 is 11.6 Å². The highest BCUT2D eigenvalue weighted by Crippen LogP contribution is 2.09. The monoisotopic (exact) mass is 215 g/mol. The molecular weight excluding hydrogens is 206 g/mol. The average molecular weight is 215 g/mol. The molecule has 0 bridgehead atoms. The smallest absolute Gasteiger partial charge is 0.276 e. The second kappa shape index (κ2) is 5.32. The van der Waals surface area contributed by atoms with E-state index in [9.17, 15) is 4.79 Å². The van der Waals surface area contributed by atoms with Crippen LogP contribution in [0, 0.1) is 22.7 Å². The average Bonchev–Trinajstić information content (AvgIpc) is 2.28. The van der Waals surface area contributed by atoms with E-state index in [1.165, 1.54) is 12.3 Å². The van der Waals surface area contributed by atoms with Crippen LogP contribution >= 0.6 is 0 Å². The molecule has 1 aromatic rings. The van der Waals surface area contributed by atoms with Gasteiger partial charge in [0.15, 0.2) is 5.69 Å². The molecule has 0 aliphatic heterocycles. The van der Waals surface area contributed by atoms with Crippen LogP contribution in [0.1, 0.15) is 10.5 Å². The number of nitrogen functional groups attached to an aromatic ring is 1. The summed E-state index contributed by atoms with van der Waals surface area (Å²) in [6.07, 6.45) is 1.43. The summed E-state index contributed by atoms with van der Waals surface area (Å²) in [5.41, 5.74) is 5.87. The van der Waals surface area contributed by atoms with Crippen LogP contribution in [0.15, 0.2) is 18.3 Å². The molecule has 0 atom stereocenters. The number of nitrogens with two attached hydrogens (primary N) is 1. The van der Waals surface area contributed by atoms with Gasteiger partial charge in [-0.3, -0.25) is 4.79 Å². The lowest BCUT2D eigenvalue weighted by Gasteiger charge is -2.15. The van der Waals surface area contributed by atoms with Gasteiger partial charge >= 0.3 is 0 Å². The molecule has 1 amide bonds. The maximum atomic E-state index is 11.8. The Labute approximate surface area is 92.5 Å². The first kappa shape index (κ1) is 11.5. The van der Waals surface area contributed by atoms with Gasteiger partial charge in [0.05, 0.1) is 17.8 Å². The Balaban J connectivity index is 2.96. The van der Waals surface area contributed by atoms with Crippen molar-refractivity contribution in [3.63, 3.8) is 0 Å². The van der Waals surface area contributed by atoms with Crippen molar-refractivity contribution in [3.05, 3.63) is 24.0 Å². The lowest BCUT2D eigenvalue weighted by atomic mass is 10.2. The number of carbonyl (C=O) groups is 1. The summed E-state index contributed by atoms with van der Waals surface area (Å²) in [5.74, 6) is -0.513. The van der Waals surface area contributed by atoms with Gasteiger partial charge < -0.3 is 10.6 Å². The summed E-state index contributed by atoms with van der Waals surface area (Å²) in [5, 5.41) is 17.0. The second-order valence-electron chi connectivity index (χ2n) is 2.92. The van der Waals surface area contributed by atoms with Gasteiger partial charge in [-0.25, -0.2) is 4.98 Å². The summed E-state index contributed by atoms with van der Waals surface area (Å²) in [6, 6.07) is 6.76. The standard InChI is InChI=1S/C10H9N5O/c11-3-6-15(7-4-12)10(16)9-8(13)2-1-5-14-9/h1-2,5H,6-7,13H2. The zero-order valence-electron chi connectivity index (χ0n) is 8.42. The first-order chi connectivity index (χ1) is 7.70. The van der Waals surface area contributed by atoms with Crippen molar-refractivity contribution in [2.75, 3.05) is 18.8 Å². The van der Waals surface area contributed by atoms with Crippen molar-refractivity contribution in [1.82, 2.24) is 9.88 Å². The molecule has 0 saturated carbocycles. The first-order valence-electron chi connectivity index (χ1n) is 4.44. The van der Waals surface area contributed by atoms with E-state index in [-0.39, 0.29) is 24.5 Å². The molecule has 1 aromatic heterocycles. The summed E-state index contributed by atoms with van der Waals surface area (Å²) in [4.78, 5) is 16.7. The molecule has 0 aromatic carbocycles. The van der Waals surface area contributed by atoms with Gasteiger partial charge in [0.2, 0.25) is 0 Å². The molecule has 80 valence electrons. The fraction of sp³-hybridized carbons (Fsp3) is 0.200. The van der Waals surface area contributed by atoms with Crippen molar-refractivity contribution in [1.29, 1.82) is 10.5 Å². The lowest BCUT2D eigenvalue weighted by molar-refractivity contribution is 0.0790. The molecule has 0 unspecified atom stereocenters. The van der Waals surface area contributed by atoms with Crippen molar-refractivity contribution < 1.29 is 4.79 Å². The Morgan fingerprint density at radius 3 is 2.56 bits per heavy atom. The van der Waals surface area contributed by atoms with E-state index >= 15 is 0 Å². The molecule has 2 N–H and O–H groups in total. The molecule has 1 heterocycles. The third-order valence-electron chi connectivity index (χ3n) is 1.85. The molecule has 0 saturated heterocycles. The van der Waals surface area contributed by atoms with Crippen LogP contribution in [-0.2, 0) is 0 Å². The van der Waals surface area contributed by atoms with Gasteiger partial charge in [0.1, 0.15) is 13.1 Å². The van der Waals surface area contributed by atoms with Crippen LogP contribution in [0.2, 0.25) is 0 Å². The highest BCUT2D eigenvalue weighted by Gasteiger charge is 2.18. The number of rotatable bonds is 3. The van der Waals surface area contributed by atoms with Gasteiger partial charge in [-0.2, -0.15) is 10.5 Å². The van der Waals surface area contributed by atoms with E-state index in [4.69, 9.17) is 16.3 Å². The van der Waals surface area contributed by atoms with E-state index in [0.717, 1.165) is 4.90 Å². The molecule has 0 radical (unpaired) electrons. The molecule has 0 spiro atoms. The van der Waals surface area contributed by atoms with E-state index in [1.54, 1.807) is 6.07 Å². The first-order valence-corrected chi connectivity index (χ1v) is 4.44. The van der Waals surface area contributed by atoms with Gasteiger partial charge in [0.25, 0.3) is 5.91 Å². The molecule has 0 aliphatic carbocycles. The molecule has 16 heavy (non-hydrogen) atoms. The van der Waals surface area contributed by atoms with Gasteiger partial charge in [0, 0.05) is 6.20 Å². The van der Waals surface area contributed by atoms with E-state index < -0.39 is 5.91 Å². The predicted octanol–water partition coefficient (Wildman–Crippen LogP) is 0.153. The Kier molecular flexibility index (Phi) is 3.82. The molecule has 1 rings (SSSR count). The zero-order valence-corrected chi connectivity index (χ0v) is 8.42. The van der Waals surface area contributed by atoms with E-state index in [2.05, 4.69) is 4.98 Å². The number of hydrogen-bond acceptors (Lipinski definition) is 5. The minimum atomic E-state index is -0.513. The van der Waals surface area contributed by atoms with Gasteiger partial charge in [-0.1, -0.05) is 0 Å². The fourth-order valence-corrected chi connectivity index (χ4v) is 1.12. The SMILES string of the molecule is N#CCN(CC#N)C(=O)c1ncccc1N. The lowest BCUT2D eigenvalue weighted by Crippen LogP contribution is -2.32. The van der Waals surface area contributed by atoms with Crippen molar-refractivity contribution in [2.45, 2.75) is 0 Å². The number of nitriles is 2. The molecule has 6 heteroatoms. The number of hydrogen-bond donors (Lipinski definition) is 1. The molecule has 0 aliphatic rings. The molecule has 6 nitrogen and oxygen atoms in total. The summed E-state index contributed by atoms with van der Waals surface area (Å²) < 4.78 is 0. The maximum absolute atomic E-state index is 11.8. The highest BCUT2D eigenvalue weighted by molar-refractivity contribution is 5.97. The third-order valence-corrected chi connectivity index (χ3v) is 1.85. The topological polar surface area (TPSA) is 107 Å². The van der Waals surface area contributed by atoms with Crippen LogP contribution in [0.25, 0.3) is 0 Å². The normalized spacial score (nSPS) is 8.88. The van der Waals surface area contributed by atoms with Crippen LogP contribution in [0.5, 0.6) is 0 Å². The summed E-state index contributed by atoms with van der Waals surface area (Å²) in [6.45, 7) is -0.329. The Morgan fingerprint density at radius 1 is 1.44 bits per heavy atom. The van der Waals surface area contributed by atoms with E-state index in [0.29, 0.717) is 0 Å². The van der Waals surface area contributed by atoms with Crippen LogP contribution in [0.4, 0.5) is 5.69 Å². The minimum absolute atomic E-state index is 0.0630. The number of aromatic nitrogens is 1. The predicted molar refractivity (Wildman–Crippen MR) is 55.8 cm³/mol. The minimum Gasteiger partial charge on any atom is -0.397 e. The third kappa shape index (κ3) is 2.46. The van der Waals surface area contributed by atoms with E-state index in [1.807, 2.05) is 12.1 Å². The van der Waals surface area contributed by atoms with Gasteiger partial charge in [-0.15, -0.1) is 0 Å². The quantitative estimate of drug-likeness (QED) is 0.722. The Bertz CT molecular complexity index is 455. The van der Waals surface area contributed by atoms with Crippen LogP contribution < -0.4 is 5.73 Å². The number of anilines is 1. The second-order valence-corrected chi connectivity index (χ2v) is 2.92. The number of pyridine rings is 1. The van der Waals surface area contributed by atoms with Crippen molar-refractivity contribution in [3.8, 4) is 12.1 Å². The molecular formula is C10H9N5O. The number of nitrogens with zero attached hydrogens (tertiary/aromatic N) is 4. The summed E-state index contributed by atoms with van der Waals surface area (Å²) >= 11 is 0. The Morgan fingerprint density at radius 2 is 2.06 bits per heavy atom. The highest BCUT2D eigenvalue weighted by atomic mass is 16.2. The number of amides is 1. The summed E-state index contributed by atoms with van der Waals surface area (Å²) in [7, 11) is 0. The van der Waals surface area contributed by atoms with Crippen LogP contribution in [0.3, 0.4) is 0 Å². The molecule has 0 fully saturated rings. The van der Waals surface area contributed by atoms with Crippen LogP contribution in [-0.4, -0.2) is 28.9 Å². The largest absolute Gasteiger partial charge is 0.397 e. The van der Waals surface area contributed by atoms with Gasteiger partial charge in [-0.05, 0) is 12.1 Å². The zero-order chi connectivity index (χ0) is 12.0.